The minimum atomic E-state index is 0.496. The summed E-state index contributed by atoms with van der Waals surface area (Å²) in [6, 6.07) is 0. The molecule has 0 radical (unpaired) electrons. The number of allylic oxidation sites excluding steroid dienone is 3. The monoisotopic (exact) mass is 236 g/mol. The summed E-state index contributed by atoms with van der Waals surface area (Å²) in [5.41, 5.74) is 2.93. The summed E-state index contributed by atoms with van der Waals surface area (Å²) in [5.74, 6) is 0. The quantitative estimate of drug-likeness (QED) is 0.691. The normalized spacial score (nSPS) is 20.6. The van der Waals surface area contributed by atoms with Crippen molar-refractivity contribution in [3.8, 4) is 0 Å². The summed E-state index contributed by atoms with van der Waals surface area (Å²) < 4.78 is 0. The van der Waals surface area contributed by atoms with Crippen LogP contribution in [0.3, 0.4) is 0 Å². The van der Waals surface area contributed by atoms with Crippen LogP contribution in [-0.4, -0.2) is 43.2 Å². The molecule has 98 valence electrons. The lowest BCUT2D eigenvalue weighted by atomic mass is 10.1. The van der Waals surface area contributed by atoms with Gasteiger partial charge in [-0.15, -0.1) is 0 Å². The van der Waals surface area contributed by atoms with E-state index in [-0.39, 0.29) is 0 Å². The fraction of sp³-hybridized carbons (Fsp3) is 0.733. The summed E-state index contributed by atoms with van der Waals surface area (Å²) in [6.45, 7) is 9.03. The van der Waals surface area contributed by atoms with Crippen molar-refractivity contribution in [2.45, 2.75) is 46.2 Å². The maximum atomic E-state index is 2.44. The predicted octanol–water partition coefficient (Wildman–Crippen LogP) is 3.27. The van der Waals surface area contributed by atoms with Gasteiger partial charge in [0.1, 0.15) is 0 Å². The van der Waals surface area contributed by atoms with Gasteiger partial charge in [0.15, 0.2) is 0 Å². The molecule has 0 aromatic rings. The SMILES string of the molecule is CC(C)=CCC/C(C)=C\C1N(C)CCCN1C. The van der Waals surface area contributed by atoms with Crippen LogP contribution in [0.2, 0.25) is 0 Å². The molecule has 1 aliphatic heterocycles. The molecule has 2 heteroatoms. The first-order valence-corrected chi connectivity index (χ1v) is 6.72. The van der Waals surface area contributed by atoms with Crippen molar-refractivity contribution in [3.05, 3.63) is 23.3 Å². The lowest BCUT2D eigenvalue weighted by Crippen LogP contribution is -2.49. The van der Waals surface area contributed by atoms with Crippen molar-refractivity contribution in [2.24, 2.45) is 0 Å². The molecule has 0 aliphatic carbocycles. The van der Waals surface area contributed by atoms with Gasteiger partial charge in [-0.2, -0.15) is 0 Å². The molecule has 0 amide bonds. The molecule has 0 spiro atoms. The van der Waals surface area contributed by atoms with Crippen molar-refractivity contribution in [1.29, 1.82) is 0 Å². The van der Waals surface area contributed by atoms with Crippen LogP contribution in [0.25, 0.3) is 0 Å². The molecule has 0 atom stereocenters. The van der Waals surface area contributed by atoms with Crippen LogP contribution < -0.4 is 0 Å². The second kappa shape index (κ2) is 6.97. The smallest absolute Gasteiger partial charge is 0.0812 e. The highest BCUT2D eigenvalue weighted by atomic mass is 15.3. The second-order valence-electron chi connectivity index (χ2n) is 5.56. The summed E-state index contributed by atoms with van der Waals surface area (Å²) in [5, 5.41) is 0. The Morgan fingerprint density at radius 2 is 1.71 bits per heavy atom. The molecule has 2 nitrogen and oxygen atoms in total. The molecule has 1 saturated heterocycles. The standard InChI is InChI=1S/C15H28N2/c1-13(2)8-6-9-14(3)12-15-16(4)10-7-11-17(15)5/h8,12,15H,6-7,9-11H2,1-5H3/b14-12-. The Morgan fingerprint density at radius 1 is 1.12 bits per heavy atom. The lowest BCUT2D eigenvalue weighted by Gasteiger charge is -2.38. The van der Waals surface area contributed by atoms with Crippen LogP contribution in [-0.2, 0) is 0 Å². The van der Waals surface area contributed by atoms with E-state index in [9.17, 15) is 0 Å². The van der Waals surface area contributed by atoms with E-state index in [1.807, 2.05) is 0 Å². The number of hydrogen-bond acceptors (Lipinski definition) is 2. The lowest BCUT2D eigenvalue weighted by molar-refractivity contribution is 0.0758. The van der Waals surface area contributed by atoms with Crippen molar-refractivity contribution in [1.82, 2.24) is 9.80 Å². The fourth-order valence-corrected chi connectivity index (χ4v) is 2.35. The maximum absolute atomic E-state index is 2.44. The van der Waals surface area contributed by atoms with Crippen LogP contribution in [0, 0.1) is 0 Å². The molecule has 0 N–H and O–H groups in total. The van der Waals surface area contributed by atoms with E-state index in [1.165, 1.54) is 43.5 Å². The van der Waals surface area contributed by atoms with Crippen molar-refractivity contribution in [3.63, 3.8) is 0 Å². The Balaban J connectivity index is 2.50. The fourth-order valence-electron chi connectivity index (χ4n) is 2.35. The van der Waals surface area contributed by atoms with Crippen LogP contribution >= 0.6 is 0 Å². The zero-order valence-corrected chi connectivity index (χ0v) is 12.2. The topological polar surface area (TPSA) is 6.48 Å². The zero-order valence-electron chi connectivity index (χ0n) is 12.2. The third-order valence-corrected chi connectivity index (χ3v) is 3.45. The number of rotatable bonds is 4. The molecule has 0 saturated carbocycles. The van der Waals surface area contributed by atoms with Gasteiger partial charge in [0.2, 0.25) is 0 Å². The first-order chi connectivity index (χ1) is 8.00. The minimum absolute atomic E-state index is 0.496. The molecule has 0 unspecified atom stereocenters. The van der Waals surface area contributed by atoms with Gasteiger partial charge in [-0.25, -0.2) is 0 Å². The summed E-state index contributed by atoms with van der Waals surface area (Å²) in [6.07, 6.45) is 8.89. The van der Waals surface area contributed by atoms with Crippen molar-refractivity contribution >= 4 is 0 Å². The van der Waals surface area contributed by atoms with Crippen molar-refractivity contribution in [2.75, 3.05) is 27.2 Å². The van der Waals surface area contributed by atoms with Gasteiger partial charge >= 0.3 is 0 Å². The number of nitrogens with zero attached hydrogens (tertiary/aromatic N) is 2. The number of hydrogen-bond donors (Lipinski definition) is 0. The van der Waals surface area contributed by atoms with Crippen LogP contribution in [0.15, 0.2) is 23.3 Å². The Labute approximate surface area is 107 Å². The van der Waals surface area contributed by atoms with Gasteiger partial charge in [-0.1, -0.05) is 23.3 Å². The molecule has 1 rings (SSSR count). The molecular formula is C15H28N2. The summed E-state index contributed by atoms with van der Waals surface area (Å²) >= 11 is 0. The van der Waals surface area contributed by atoms with E-state index >= 15 is 0 Å². The van der Waals surface area contributed by atoms with Crippen LogP contribution in [0.5, 0.6) is 0 Å². The van der Waals surface area contributed by atoms with E-state index in [0.717, 1.165) is 0 Å². The second-order valence-corrected chi connectivity index (χ2v) is 5.56. The van der Waals surface area contributed by atoms with Crippen LogP contribution in [0.1, 0.15) is 40.0 Å². The van der Waals surface area contributed by atoms with Gasteiger partial charge in [0.05, 0.1) is 6.17 Å². The molecule has 0 aromatic heterocycles. The highest BCUT2D eigenvalue weighted by Crippen LogP contribution is 2.15. The zero-order chi connectivity index (χ0) is 12.8. The van der Waals surface area contributed by atoms with E-state index in [2.05, 4.69) is 56.8 Å². The Hall–Kier alpha value is -0.600. The predicted molar refractivity (Wildman–Crippen MR) is 76.1 cm³/mol. The molecule has 1 heterocycles. The average Bonchev–Trinajstić information content (AvgIpc) is 2.23. The minimum Gasteiger partial charge on any atom is -0.288 e. The van der Waals surface area contributed by atoms with Gasteiger partial charge in [0, 0.05) is 13.1 Å². The highest BCUT2D eigenvalue weighted by molar-refractivity contribution is 5.06. The van der Waals surface area contributed by atoms with Gasteiger partial charge in [-0.3, -0.25) is 9.80 Å². The Kier molecular flexibility index (Phi) is 5.93. The molecule has 0 aromatic carbocycles. The van der Waals surface area contributed by atoms with E-state index in [0.29, 0.717) is 6.17 Å². The summed E-state index contributed by atoms with van der Waals surface area (Å²) in [4.78, 5) is 4.88. The third kappa shape index (κ3) is 5.05. The maximum Gasteiger partial charge on any atom is 0.0812 e. The molecule has 1 fully saturated rings. The molecule has 17 heavy (non-hydrogen) atoms. The first-order valence-electron chi connectivity index (χ1n) is 6.72. The van der Waals surface area contributed by atoms with Crippen LogP contribution in [0.4, 0.5) is 0 Å². The average molecular weight is 236 g/mol. The van der Waals surface area contributed by atoms with Gasteiger partial charge < -0.3 is 0 Å². The highest BCUT2D eigenvalue weighted by Gasteiger charge is 2.21. The van der Waals surface area contributed by atoms with Gasteiger partial charge in [-0.05, 0) is 54.1 Å². The van der Waals surface area contributed by atoms with E-state index in [1.54, 1.807) is 0 Å². The molecule has 1 aliphatic rings. The first kappa shape index (κ1) is 14.5. The van der Waals surface area contributed by atoms with Crippen molar-refractivity contribution < 1.29 is 0 Å². The van der Waals surface area contributed by atoms with E-state index < -0.39 is 0 Å². The van der Waals surface area contributed by atoms with Gasteiger partial charge in [0.25, 0.3) is 0 Å². The Bertz CT molecular complexity index is 277. The Morgan fingerprint density at radius 3 is 2.24 bits per heavy atom. The third-order valence-electron chi connectivity index (χ3n) is 3.45. The summed E-state index contributed by atoms with van der Waals surface area (Å²) in [7, 11) is 4.44. The molecule has 0 bridgehead atoms. The molecular weight excluding hydrogens is 208 g/mol. The largest absolute Gasteiger partial charge is 0.288 e. The van der Waals surface area contributed by atoms with E-state index in [4.69, 9.17) is 0 Å². The number of likely N-dealkylation sites (N-methyl/N-ethyl adjacent to an activating group) is 2.